The maximum absolute atomic E-state index is 12.1. The molecule has 0 saturated carbocycles. The fourth-order valence-corrected chi connectivity index (χ4v) is 3.25. The van der Waals surface area contributed by atoms with Crippen molar-refractivity contribution in [1.82, 2.24) is 5.32 Å². The van der Waals surface area contributed by atoms with Crippen LogP contribution in [-0.2, 0) is 0 Å². The third-order valence-electron chi connectivity index (χ3n) is 2.91. The Hall–Kier alpha value is -1.26. The van der Waals surface area contributed by atoms with Gasteiger partial charge in [0.25, 0.3) is 5.91 Å². The van der Waals surface area contributed by atoms with Gasteiger partial charge in [0.1, 0.15) is 4.88 Å². The summed E-state index contributed by atoms with van der Waals surface area (Å²) in [6.07, 6.45) is 0.956. The first kappa shape index (κ1) is 14.2. The summed E-state index contributed by atoms with van der Waals surface area (Å²) in [5.74, 6) is 0.449. The van der Waals surface area contributed by atoms with Crippen molar-refractivity contribution < 1.29 is 4.79 Å². The third-order valence-corrected chi connectivity index (χ3v) is 4.40. The Bertz CT molecular complexity index is 607. The standard InChI is InChI=1S/C14H17ClN2OS/c1-8(2)6-7-17-14(18)13-12(16)11-9(15)4-3-5-10(11)19-13/h3-5,8H,6-7,16H2,1-2H3,(H,17,18). The molecule has 102 valence electrons. The van der Waals surface area contributed by atoms with Crippen molar-refractivity contribution in [2.75, 3.05) is 12.3 Å². The topological polar surface area (TPSA) is 55.1 Å². The smallest absolute Gasteiger partial charge is 0.263 e. The van der Waals surface area contributed by atoms with Crippen LogP contribution in [0.1, 0.15) is 29.9 Å². The molecule has 1 aromatic carbocycles. The number of anilines is 1. The molecule has 0 bridgehead atoms. The van der Waals surface area contributed by atoms with Gasteiger partial charge in [-0.15, -0.1) is 11.3 Å². The number of benzene rings is 1. The predicted molar refractivity (Wildman–Crippen MR) is 83.0 cm³/mol. The lowest BCUT2D eigenvalue weighted by Gasteiger charge is -2.06. The molecule has 0 fully saturated rings. The molecule has 0 unspecified atom stereocenters. The van der Waals surface area contributed by atoms with Gasteiger partial charge in [-0.25, -0.2) is 0 Å². The summed E-state index contributed by atoms with van der Waals surface area (Å²) in [4.78, 5) is 12.7. The van der Waals surface area contributed by atoms with Gasteiger partial charge < -0.3 is 11.1 Å². The molecule has 0 radical (unpaired) electrons. The molecule has 0 saturated heterocycles. The van der Waals surface area contributed by atoms with Crippen LogP contribution in [0, 0.1) is 5.92 Å². The summed E-state index contributed by atoms with van der Waals surface area (Å²) in [6.45, 7) is 4.91. The van der Waals surface area contributed by atoms with Gasteiger partial charge in [-0.05, 0) is 24.5 Å². The quantitative estimate of drug-likeness (QED) is 0.898. The van der Waals surface area contributed by atoms with Crippen LogP contribution in [-0.4, -0.2) is 12.5 Å². The molecule has 0 aliphatic heterocycles. The number of nitrogen functional groups attached to an aromatic ring is 1. The first-order valence-corrected chi connectivity index (χ1v) is 7.45. The van der Waals surface area contributed by atoms with Crippen LogP contribution < -0.4 is 11.1 Å². The fourth-order valence-electron chi connectivity index (χ4n) is 1.85. The molecule has 3 nitrogen and oxygen atoms in total. The lowest BCUT2D eigenvalue weighted by molar-refractivity contribution is 0.0957. The number of rotatable bonds is 4. The highest BCUT2D eigenvalue weighted by Gasteiger charge is 2.17. The Morgan fingerprint density at radius 2 is 2.21 bits per heavy atom. The van der Waals surface area contributed by atoms with Crippen LogP contribution in [0.4, 0.5) is 5.69 Å². The Morgan fingerprint density at radius 3 is 2.84 bits per heavy atom. The molecule has 0 spiro atoms. The fraction of sp³-hybridized carbons (Fsp3) is 0.357. The molecule has 0 aliphatic rings. The first-order valence-electron chi connectivity index (χ1n) is 6.25. The molecule has 0 atom stereocenters. The van der Waals surface area contributed by atoms with Gasteiger partial charge in [0.15, 0.2) is 0 Å². The number of fused-ring (bicyclic) bond motifs is 1. The maximum Gasteiger partial charge on any atom is 0.263 e. The average molecular weight is 297 g/mol. The number of hydrogen-bond acceptors (Lipinski definition) is 3. The zero-order valence-electron chi connectivity index (χ0n) is 11.0. The second-order valence-electron chi connectivity index (χ2n) is 4.90. The number of nitrogens with two attached hydrogens (primary N) is 1. The molecule has 2 aromatic rings. The van der Waals surface area contributed by atoms with E-state index in [1.165, 1.54) is 11.3 Å². The maximum atomic E-state index is 12.1. The van der Waals surface area contributed by atoms with Crippen molar-refractivity contribution in [3.8, 4) is 0 Å². The minimum absolute atomic E-state index is 0.115. The van der Waals surface area contributed by atoms with Crippen LogP contribution in [0.15, 0.2) is 18.2 Å². The number of amides is 1. The first-order chi connectivity index (χ1) is 9.00. The number of carbonyl (C=O) groups is 1. The Morgan fingerprint density at radius 1 is 1.47 bits per heavy atom. The van der Waals surface area contributed by atoms with E-state index in [4.69, 9.17) is 17.3 Å². The van der Waals surface area contributed by atoms with Crippen LogP contribution in [0.5, 0.6) is 0 Å². The van der Waals surface area contributed by atoms with Gasteiger partial charge in [0, 0.05) is 16.6 Å². The van der Waals surface area contributed by atoms with E-state index in [-0.39, 0.29) is 5.91 Å². The number of carbonyl (C=O) groups excluding carboxylic acids is 1. The minimum Gasteiger partial charge on any atom is -0.397 e. The van der Waals surface area contributed by atoms with Crippen molar-refractivity contribution in [3.05, 3.63) is 28.1 Å². The van der Waals surface area contributed by atoms with Crippen LogP contribution >= 0.6 is 22.9 Å². The Balaban J connectivity index is 2.23. The Labute approximate surface area is 121 Å². The SMILES string of the molecule is CC(C)CCNC(=O)c1sc2cccc(Cl)c2c1N. The molecule has 5 heteroatoms. The van der Waals surface area contributed by atoms with E-state index in [2.05, 4.69) is 19.2 Å². The summed E-state index contributed by atoms with van der Waals surface area (Å²) in [7, 11) is 0. The summed E-state index contributed by atoms with van der Waals surface area (Å²) >= 11 is 7.50. The van der Waals surface area contributed by atoms with Gasteiger partial charge in [-0.3, -0.25) is 4.79 Å². The number of nitrogens with one attached hydrogen (secondary N) is 1. The lowest BCUT2D eigenvalue weighted by atomic mass is 10.1. The van der Waals surface area contributed by atoms with E-state index in [9.17, 15) is 4.79 Å². The molecule has 19 heavy (non-hydrogen) atoms. The highest BCUT2D eigenvalue weighted by Crippen LogP contribution is 2.37. The van der Waals surface area contributed by atoms with Gasteiger partial charge in [-0.1, -0.05) is 31.5 Å². The Kier molecular flexibility index (Phi) is 4.32. The van der Waals surface area contributed by atoms with E-state index < -0.39 is 0 Å². The number of halogens is 1. The lowest BCUT2D eigenvalue weighted by Crippen LogP contribution is -2.25. The monoisotopic (exact) mass is 296 g/mol. The summed E-state index contributed by atoms with van der Waals surface area (Å²) in [5, 5.41) is 4.27. The minimum atomic E-state index is -0.115. The normalized spacial score (nSPS) is 11.2. The molecular weight excluding hydrogens is 280 g/mol. The van der Waals surface area contributed by atoms with Gasteiger partial charge in [0.2, 0.25) is 0 Å². The largest absolute Gasteiger partial charge is 0.397 e. The zero-order valence-corrected chi connectivity index (χ0v) is 12.6. The molecule has 2 rings (SSSR count). The van der Waals surface area contributed by atoms with E-state index in [0.29, 0.717) is 28.0 Å². The van der Waals surface area contributed by atoms with Gasteiger partial charge >= 0.3 is 0 Å². The van der Waals surface area contributed by atoms with Crippen LogP contribution in [0.3, 0.4) is 0 Å². The zero-order chi connectivity index (χ0) is 14.0. The summed E-state index contributed by atoms with van der Waals surface area (Å²) in [6, 6.07) is 5.57. The predicted octanol–water partition coefficient (Wildman–Crippen LogP) is 3.91. The second kappa shape index (κ2) is 5.80. The molecule has 1 heterocycles. The molecular formula is C14H17ClN2OS. The van der Waals surface area contributed by atoms with E-state index in [1.54, 1.807) is 6.07 Å². The second-order valence-corrected chi connectivity index (χ2v) is 6.36. The third kappa shape index (κ3) is 3.01. The van der Waals surface area contributed by atoms with Crippen molar-refractivity contribution in [1.29, 1.82) is 0 Å². The van der Waals surface area contributed by atoms with E-state index >= 15 is 0 Å². The van der Waals surface area contributed by atoms with E-state index in [0.717, 1.165) is 16.5 Å². The highest BCUT2D eigenvalue weighted by atomic mass is 35.5. The molecule has 1 aromatic heterocycles. The number of hydrogen-bond donors (Lipinski definition) is 2. The molecule has 0 aliphatic carbocycles. The van der Waals surface area contributed by atoms with Crippen LogP contribution in [0.25, 0.3) is 10.1 Å². The number of thiophene rings is 1. The van der Waals surface area contributed by atoms with Crippen LogP contribution in [0.2, 0.25) is 5.02 Å². The van der Waals surface area contributed by atoms with Gasteiger partial charge in [0.05, 0.1) is 10.7 Å². The molecule has 1 amide bonds. The average Bonchev–Trinajstić information content (AvgIpc) is 2.67. The van der Waals surface area contributed by atoms with Gasteiger partial charge in [-0.2, -0.15) is 0 Å². The van der Waals surface area contributed by atoms with Crippen molar-refractivity contribution in [2.24, 2.45) is 5.92 Å². The van der Waals surface area contributed by atoms with Crippen molar-refractivity contribution in [2.45, 2.75) is 20.3 Å². The molecule has 3 N–H and O–H groups in total. The van der Waals surface area contributed by atoms with Crippen molar-refractivity contribution in [3.63, 3.8) is 0 Å². The summed E-state index contributed by atoms with van der Waals surface area (Å²) in [5.41, 5.74) is 6.52. The highest BCUT2D eigenvalue weighted by molar-refractivity contribution is 7.21. The van der Waals surface area contributed by atoms with E-state index in [1.807, 2.05) is 12.1 Å². The summed E-state index contributed by atoms with van der Waals surface area (Å²) < 4.78 is 0.944. The van der Waals surface area contributed by atoms with Crippen molar-refractivity contribution >= 4 is 44.6 Å².